The van der Waals surface area contributed by atoms with Crippen molar-refractivity contribution in [2.45, 2.75) is 19.9 Å². The standard InChI is InChI=1S/C13H13N3S2/c1-8-5-6-10-12(14-8)16(13(17)15-10)9(2)11-4-3-7-18-11/h3-7,9H,1-2H3,(H,15,17). The number of imidazole rings is 1. The summed E-state index contributed by atoms with van der Waals surface area (Å²) in [5, 5.41) is 2.09. The van der Waals surface area contributed by atoms with Gasteiger partial charge in [0.15, 0.2) is 10.4 Å². The number of nitrogens with one attached hydrogen (secondary N) is 1. The number of thiophene rings is 1. The number of hydrogen-bond acceptors (Lipinski definition) is 3. The van der Waals surface area contributed by atoms with Crippen molar-refractivity contribution in [2.24, 2.45) is 0 Å². The highest BCUT2D eigenvalue weighted by Crippen LogP contribution is 2.26. The summed E-state index contributed by atoms with van der Waals surface area (Å²) in [5.41, 5.74) is 2.93. The van der Waals surface area contributed by atoms with Gasteiger partial charge < -0.3 is 4.98 Å². The van der Waals surface area contributed by atoms with E-state index in [-0.39, 0.29) is 6.04 Å². The largest absolute Gasteiger partial charge is 0.329 e. The van der Waals surface area contributed by atoms with E-state index in [1.807, 2.05) is 19.1 Å². The molecular weight excluding hydrogens is 262 g/mol. The van der Waals surface area contributed by atoms with Gasteiger partial charge in [0.25, 0.3) is 0 Å². The molecule has 18 heavy (non-hydrogen) atoms. The molecule has 0 aliphatic carbocycles. The molecule has 3 nitrogen and oxygen atoms in total. The van der Waals surface area contributed by atoms with Crippen molar-refractivity contribution < 1.29 is 0 Å². The molecule has 0 saturated carbocycles. The van der Waals surface area contributed by atoms with Crippen molar-refractivity contribution in [1.29, 1.82) is 0 Å². The summed E-state index contributed by atoms with van der Waals surface area (Å²) in [6.45, 7) is 4.15. The maximum atomic E-state index is 5.42. The van der Waals surface area contributed by atoms with Gasteiger partial charge in [-0.25, -0.2) is 4.98 Å². The lowest BCUT2D eigenvalue weighted by molar-refractivity contribution is 0.654. The zero-order chi connectivity index (χ0) is 12.7. The third-order valence-electron chi connectivity index (χ3n) is 3.05. The first-order valence-electron chi connectivity index (χ1n) is 5.78. The Morgan fingerprint density at radius 1 is 1.39 bits per heavy atom. The Kier molecular flexibility index (Phi) is 2.80. The quantitative estimate of drug-likeness (QED) is 0.715. The molecule has 0 spiro atoms. The van der Waals surface area contributed by atoms with Gasteiger partial charge in [0.1, 0.15) is 0 Å². The molecule has 0 aromatic carbocycles. The van der Waals surface area contributed by atoms with Crippen molar-refractivity contribution >= 4 is 34.7 Å². The van der Waals surface area contributed by atoms with Gasteiger partial charge in [-0.1, -0.05) is 6.07 Å². The minimum Gasteiger partial charge on any atom is -0.329 e. The van der Waals surface area contributed by atoms with E-state index in [4.69, 9.17) is 12.2 Å². The van der Waals surface area contributed by atoms with Crippen LogP contribution < -0.4 is 0 Å². The van der Waals surface area contributed by atoms with Crippen LogP contribution in [0.5, 0.6) is 0 Å². The van der Waals surface area contributed by atoms with Crippen molar-refractivity contribution in [3.05, 3.63) is 45.0 Å². The monoisotopic (exact) mass is 275 g/mol. The van der Waals surface area contributed by atoms with Crippen LogP contribution >= 0.6 is 23.6 Å². The van der Waals surface area contributed by atoms with Gasteiger partial charge in [-0.2, -0.15) is 0 Å². The zero-order valence-corrected chi connectivity index (χ0v) is 11.8. The van der Waals surface area contributed by atoms with E-state index in [0.29, 0.717) is 0 Å². The van der Waals surface area contributed by atoms with E-state index in [1.54, 1.807) is 11.3 Å². The third-order valence-corrected chi connectivity index (χ3v) is 4.39. The maximum absolute atomic E-state index is 5.42. The molecule has 1 N–H and O–H groups in total. The van der Waals surface area contributed by atoms with E-state index in [2.05, 4.69) is 39.0 Å². The van der Waals surface area contributed by atoms with E-state index in [9.17, 15) is 0 Å². The van der Waals surface area contributed by atoms with Crippen LogP contribution in [-0.4, -0.2) is 14.5 Å². The van der Waals surface area contributed by atoms with Crippen molar-refractivity contribution in [2.75, 3.05) is 0 Å². The van der Waals surface area contributed by atoms with E-state index >= 15 is 0 Å². The SMILES string of the molecule is Cc1ccc2[nH]c(=S)n(C(C)c3cccs3)c2n1. The zero-order valence-electron chi connectivity index (χ0n) is 10.2. The second-order valence-corrected chi connectivity index (χ2v) is 5.68. The molecule has 0 amide bonds. The summed E-state index contributed by atoms with van der Waals surface area (Å²) in [5.74, 6) is 0. The van der Waals surface area contributed by atoms with Gasteiger partial charge in [-0.15, -0.1) is 11.3 Å². The molecule has 1 atom stereocenters. The number of nitrogens with zero attached hydrogens (tertiary/aromatic N) is 2. The Morgan fingerprint density at radius 2 is 2.22 bits per heavy atom. The molecule has 0 fully saturated rings. The summed E-state index contributed by atoms with van der Waals surface area (Å²) in [6, 6.07) is 8.43. The third kappa shape index (κ3) is 1.79. The Bertz CT molecular complexity index is 737. The highest BCUT2D eigenvalue weighted by atomic mass is 32.1. The smallest absolute Gasteiger partial charge is 0.179 e. The predicted molar refractivity (Wildman–Crippen MR) is 77.8 cm³/mol. The Hall–Kier alpha value is -1.46. The van der Waals surface area contributed by atoms with Crippen LogP contribution in [0.15, 0.2) is 29.6 Å². The number of pyridine rings is 1. The second-order valence-electron chi connectivity index (χ2n) is 4.32. The molecule has 3 rings (SSSR count). The van der Waals surface area contributed by atoms with Crippen LogP contribution in [0.3, 0.4) is 0 Å². The van der Waals surface area contributed by atoms with Crippen molar-refractivity contribution in [3.8, 4) is 0 Å². The maximum Gasteiger partial charge on any atom is 0.179 e. The molecule has 1 unspecified atom stereocenters. The number of fused-ring (bicyclic) bond motifs is 1. The second kappa shape index (κ2) is 4.33. The van der Waals surface area contributed by atoms with Crippen LogP contribution in [0.25, 0.3) is 11.2 Å². The Balaban J connectivity index is 2.25. The normalized spacial score (nSPS) is 13.0. The number of aromatic nitrogens is 3. The first-order valence-corrected chi connectivity index (χ1v) is 7.07. The molecule has 0 saturated heterocycles. The predicted octanol–water partition coefficient (Wildman–Crippen LogP) is 4.07. The fourth-order valence-corrected chi connectivity index (χ4v) is 3.24. The van der Waals surface area contributed by atoms with E-state index < -0.39 is 0 Å². The Morgan fingerprint density at radius 3 is 2.94 bits per heavy atom. The highest BCUT2D eigenvalue weighted by Gasteiger charge is 2.14. The molecule has 3 aromatic rings. The van der Waals surface area contributed by atoms with Gasteiger partial charge in [-0.3, -0.25) is 4.57 Å². The van der Waals surface area contributed by atoms with Crippen LogP contribution in [0, 0.1) is 11.7 Å². The lowest BCUT2D eigenvalue weighted by Crippen LogP contribution is -2.06. The van der Waals surface area contributed by atoms with Crippen LogP contribution in [0.2, 0.25) is 0 Å². The molecule has 0 bridgehead atoms. The van der Waals surface area contributed by atoms with Gasteiger partial charge in [0, 0.05) is 10.6 Å². The summed E-state index contributed by atoms with van der Waals surface area (Å²) in [7, 11) is 0. The fraction of sp³-hybridized carbons (Fsp3) is 0.231. The van der Waals surface area contributed by atoms with E-state index in [1.165, 1.54) is 4.88 Å². The molecular formula is C13H13N3S2. The fourth-order valence-electron chi connectivity index (χ4n) is 2.11. The van der Waals surface area contributed by atoms with Gasteiger partial charge in [0.05, 0.1) is 11.6 Å². The average Bonchev–Trinajstić information content (AvgIpc) is 2.94. The summed E-state index contributed by atoms with van der Waals surface area (Å²) in [6.07, 6.45) is 0. The van der Waals surface area contributed by atoms with Crippen LogP contribution in [-0.2, 0) is 0 Å². The summed E-state index contributed by atoms with van der Waals surface area (Å²) >= 11 is 7.16. The number of rotatable bonds is 2. The lowest BCUT2D eigenvalue weighted by atomic mass is 10.2. The molecule has 5 heteroatoms. The first-order chi connectivity index (χ1) is 8.66. The molecule has 0 aliphatic heterocycles. The lowest BCUT2D eigenvalue weighted by Gasteiger charge is -2.12. The van der Waals surface area contributed by atoms with Crippen LogP contribution in [0.4, 0.5) is 0 Å². The molecule has 0 radical (unpaired) electrons. The highest BCUT2D eigenvalue weighted by molar-refractivity contribution is 7.71. The minimum atomic E-state index is 0.209. The molecule has 3 aromatic heterocycles. The number of hydrogen-bond donors (Lipinski definition) is 1. The number of aryl methyl sites for hydroxylation is 1. The van der Waals surface area contributed by atoms with Crippen molar-refractivity contribution in [3.63, 3.8) is 0 Å². The summed E-state index contributed by atoms with van der Waals surface area (Å²) < 4.78 is 2.81. The summed E-state index contributed by atoms with van der Waals surface area (Å²) in [4.78, 5) is 9.10. The van der Waals surface area contributed by atoms with Gasteiger partial charge in [0.2, 0.25) is 0 Å². The molecule has 3 heterocycles. The average molecular weight is 275 g/mol. The van der Waals surface area contributed by atoms with E-state index in [0.717, 1.165) is 21.6 Å². The Labute approximate surface area is 114 Å². The molecule has 92 valence electrons. The van der Waals surface area contributed by atoms with Crippen LogP contribution in [0.1, 0.15) is 23.5 Å². The minimum absolute atomic E-state index is 0.209. The topological polar surface area (TPSA) is 33.6 Å². The number of aromatic amines is 1. The molecule has 0 aliphatic rings. The van der Waals surface area contributed by atoms with Gasteiger partial charge >= 0.3 is 0 Å². The number of H-pyrrole nitrogens is 1. The van der Waals surface area contributed by atoms with Crippen molar-refractivity contribution in [1.82, 2.24) is 14.5 Å². The first kappa shape index (κ1) is 11.6. The van der Waals surface area contributed by atoms with Gasteiger partial charge in [-0.05, 0) is 49.6 Å².